The molecule has 0 bridgehead atoms. The summed E-state index contributed by atoms with van der Waals surface area (Å²) in [6.45, 7) is 8.04. The predicted molar refractivity (Wildman–Crippen MR) is 105 cm³/mol. The number of carbonyl (C=O) groups is 5. The van der Waals surface area contributed by atoms with Crippen molar-refractivity contribution in [1.82, 2.24) is 21.3 Å². The molecular weight excluding hydrogens is 382 g/mol. The first-order valence-corrected chi connectivity index (χ1v) is 9.52. The van der Waals surface area contributed by atoms with Gasteiger partial charge in [-0.25, -0.2) is 4.79 Å². The summed E-state index contributed by atoms with van der Waals surface area (Å²) < 4.78 is 4.95. The van der Waals surface area contributed by atoms with Crippen molar-refractivity contribution in [3.05, 3.63) is 0 Å². The maximum absolute atomic E-state index is 12.6. The van der Waals surface area contributed by atoms with Crippen molar-refractivity contribution < 1.29 is 28.7 Å². The summed E-state index contributed by atoms with van der Waals surface area (Å²) in [6, 6.07) is -2.49. The number of ether oxygens (including phenoxy) is 1. The minimum atomic E-state index is -0.973. The van der Waals surface area contributed by atoms with E-state index in [9.17, 15) is 24.0 Å². The van der Waals surface area contributed by atoms with E-state index < -0.39 is 35.9 Å². The van der Waals surface area contributed by atoms with Crippen LogP contribution in [0.2, 0.25) is 0 Å². The number of urea groups is 1. The van der Waals surface area contributed by atoms with Gasteiger partial charge in [0.15, 0.2) is 0 Å². The summed E-state index contributed by atoms with van der Waals surface area (Å²) in [7, 11) is 0. The van der Waals surface area contributed by atoms with Crippen LogP contribution in [0.25, 0.3) is 0 Å². The van der Waals surface area contributed by atoms with Crippen molar-refractivity contribution in [1.29, 1.82) is 0 Å². The van der Waals surface area contributed by atoms with Gasteiger partial charge in [-0.1, -0.05) is 13.8 Å². The summed E-state index contributed by atoms with van der Waals surface area (Å²) in [6.07, 6.45) is 0.214. The Bertz CT molecular complexity index is 593. The number of amides is 5. The van der Waals surface area contributed by atoms with Crippen LogP contribution in [0.1, 0.15) is 47.5 Å². The van der Waals surface area contributed by atoms with E-state index in [0.717, 1.165) is 0 Å². The summed E-state index contributed by atoms with van der Waals surface area (Å²) in [5, 5.41) is 9.96. The van der Waals surface area contributed by atoms with E-state index >= 15 is 0 Å². The number of carbonyl (C=O) groups excluding carboxylic acids is 5. The van der Waals surface area contributed by atoms with E-state index in [2.05, 4.69) is 21.3 Å². The molecule has 166 valence electrons. The van der Waals surface area contributed by atoms with Crippen LogP contribution in [0.4, 0.5) is 4.79 Å². The highest BCUT2D eigenvalue weighted by atomic mass is 16.5. The quantitative estimate of drug-likeness (QED) is 0.205. The zero-order valence-corrected chi connectivity index (χ0v) is 17.7. The third kappa shape index (κ3) is 12.3. The third-order valence-corrected chi connectivity index (χ3v) is 3.68. The molecule has 0 fully saturated rings. The van der Waals surface area contributed by atoms with Crippen LogP contribution in [0.15, 0.2) is 0 Å². The first kappa shape index (κ1) is 26.1. The average Bonchev–Trinajstić information content (AvgIpc) is 2.58. The zero-order valence-electron chi connectivity index (χ0n) is 17.7. The minimum absolute atomic E-state index is 0.183. The van der Waals surface area contributed by atoms with Crippen LogP contribution in [-0.2, 0) is 23.9 Å². The maximum atomic E-state index is 12.6. The van der Waals surface area contributed by atoms with Crippen molar-refractivity contribution in [2.24, 2.45) is 11.7 Å². The van der Waals surface area contributed by atoms with Gasteiger partial charge in [0.25, 0.3) is 0 Å². The van der Waals surface area contributed by atoms with Gasteiger partial charge in [0, 0.05) is 13.5 Å². The van der Waals surface area contributed by atoms with E-state index in [-0.39, 0.29) is 37.4 Å². The lowest BCUT2D eigenvalue weighted by atomic mass is 10.0. The van der Waals surface area contributed by atoms with E-state index in [1.165, 1.54) is 6.92 Å². The second kappa shape index (κ2) is 13.3. The number of hydrogen-bond acceptors (Lipinski definition) is 6. The number of esters is 1. The molecule has 0 aliphatic heterocycles. The lowest BCUT2D eigenvalue weighted by molar-refractivity contribution is -0.147. The first-order valence-electron chi connectivity index (χ1n) is 9.52. The SMILES string of the molecule is CC(=O)NC(C(=O)NC(CCCNC(N)=O)C(=O)NCC(=O)OC(C)C)C(C)C. The number of hydrogen-bond donors (Lipinski definition) is 5. The average molecular weight is 415 g/mol. The van der Waals surface area contributed by atoms with E-state index in [1.807, 2.05) is 0 Å². The van der Waals surface area contributed by atoms with Crippen LogP contribution in [0, 0.1) is 5.92 Å². The molecule has 2 atom stereocenters. The van der Waals surface area contributed by atoms with E-state index in [4.69, 9.17) is 10.5 Å². The highest BCUT2D eigenvalue weighted by molar-refractivity contribution is 5.92. The van der Waals surface area contributed by atoms with Crippen molar-refractivity contribution in [2.45, 2.75) is 65.6 Å². The Labute approximate surface area is 170 Å². The van der Waals surface area contributed by atoms with Crippen molar-refractivity contribution in [3.8, 4) is 0 Å². The molecule has 0 radical (unpaired) electrons. The zero-order chi connectivity index (χ0) is 22.6. The smallest absolute Gasteiger partial charge is 0.325 e. The summed E-state index contributed by atoms with van der Waals surface area (Å²) in [5.41, 5.74) is 5.00. The number of nitrogens with two attached hydrogens (primary N) is 1. The molecule has 6 N–H and O–H groups in total. The molecule has 0 aliphatic carbocycles. The topological polar surface area (TPSA) is 169 Å². The lowest BCUT2D eigenvalue weighted by Gasteiger charge is -2.25. The number of nitrogens with one attached hydrogen (secondary N) is 4. The molecule has 2 unspecified atom stereocenters. The minimum Gasteiger partial charge on any atom is -0.462 e. The highest BCUT2D eigenvalue weighted by Gasteiger charge is 2.28. The van der Waals surface area contributed by atoms with Gasteiger partial charge in [0.1, 0.15) is 18.6 Å². The Morgan fingerprint density at radius 3 is 2.03 bits per heavy atom. The van der Waals surface area contributed by atoms with Crippen LogP contribution >= 0.6 is 0 Å². The molecule has 11 nitrogen and oxygen atoms in total. The second-order valence-corrected chi connectivity index (χ2v) is 7.17. The van der Waals surface area contributed by atoms with Crippen LogP contribution in [0.5, 0.6) is 0 Å². The van der Waals surface area contributed by atoms with Gasteiger partial charge in [0.05, 0.1) is 6.10 Å². The summed E-state index contributed by atoms with van der Waals surface area (Å²) >= 11 is 0. The fraction of sp³-hybridized carbons (Fsp3) is 0.722. The highest BCUT2D eigenvalue weighted by Crippen LogP contribution is 2.05. The largest absolute Gasteiger partial charge is 0.462 e. The third-order valence-electron chi connectivity index (χ3n) is 3.68. The normalized spacial score (nSPS) is 12.7. The van der Waals surface area contributed by atoms with Gasteiger partial charge >= 0.3 is 12.0 Å². The van der Waals surface area contributed by atoms with Gasteiger partial charge in [-0.05, 0) is 32.6 Å². The van der Waals surface area contributed by atoms with Crippen molar-refractivity contribution in [2.75, 3.05) is 13.1 Å². The molecule has 11 heteroatoms. The van der Waals surface area contributed by atoms with Gasteiger partial charge in [-0.2, -0.15) is 0 Å². The molecule has 0 aromatic carbocycles. The Hall–Kier alpha value is -2.85. The first-order chi connectivity index (χ1) is 13.4. The molecule has 29 heavy (non-hydrogen) atoms. The van der Waals surface area contributed by atoms with Crippen molar-refractivity contribution in [3.63, 3.8) is 0 Å². The molecule has 0 spiro atoms. The van der Waals surface area contributed by atoms with Crippen LogP contribution < -0.4 is 27.0 Å². The molecule has 0 aliphatic rings. The van der Waals surface area contributed by atoms with E-state index in [0.29, 0.717) is 6.42 Å². The van der Waals surface area contributed by atoms with Crippen LogP contribution in [0.3, 0.4) is 0 Å². The standard InChI is InChI=1S/C18H33N5O6/c1-10(2)15(22-12(5)24)17(27)23-13(7-6-8-20-18(19)28)16(26)21-9-14(25)29-11(3)4/h10-11,13,15H,6-9H2,1-5H3,(H,21,26)(H,22,24)(H,23,27)(H3,19,20,28). The Balaban J connectivity index is 5.03. The fourth-order valence-electron chi connectivity index (χ4n) is 2.39. The van der Waals surface area contributed by atoms with Gasteiger partial charge in [-0.3, -0.25) is 19.2 Å². The fourth-order valence-corrected chi connectivity index (χ4v) is 2.39. The maximum Gasteiger partial charge on any atom is 0.325 e. The Kier molecular flexibility index (Phi) is 12.0. The predicted octanol–water partition coefficient (Wildman–Crippen LogP) is -0.852. The van der Waals surface area contributed by atoms with Gasteiger partial charge in [-0.15, -0.1) is 0 Å². The number of rotatable bonds is 12. The number of primary amides is 1. The van der Waals surface area contributed by atoms with E-state index in [1.54, 1.807) is 27.7 Å². The molecule has 0 saturated carbocycles. The molecule has 0 aromatic heterocycles. The molecule has 5 amide bonds. The Morgan fingerprint density at radius 1 is 0.931 bits per heavy atom. The van der Waals surface area contributed by atoms with Crippen molar-refractivity contribution >= 4 is 29.7 Å². The molecule has 0 aromatic rings. The second-order valence-electron chi connectivity index (χ2n) is 7.17. The summed E-state index contributed by atoms with van der Waals surface area (Å²) in [5.74, 6) is -2.29. The Morgan fingerprint density at radius 2 is 1.55 bits per heavy atom. The lowest BCUT2D eigenvalue weighted by Crippen LogP contribution is -2.55. The van der Waals surface area contributed by atoms with Crippen LogP contribution in [-0.4, -0.2) is 61.0 Å². The van der Waals surface area contributed by atoms with Gasteiger partial charge in [0.2, 0.25) is 17.7 Å². The summed E-state index contributed by atoms with van der Waals surface area (Å²) in [4.78, 5) is 58.8. The molecule has 0 saturated heterocycles. The monoisotopic (exact) mass is 415 g/mol. The molecular formula is C18H33N5O6. The molecule has 0 rings (SSSR count). The van der Waals surface area contributed by atoms with Gasteiger partial charge < -0.3 is 31.7 Å². The molecule has 0 heterocycles.